The zero-order valence-corrected chi connectivity index (χ0v) is 12.2. The van der Waals surface area contributed by atoms with Crippen LogP contribution >= 0.6 is 11.6 Å². The normalized spacial score (nSPS) is 30.4. The first-order chi connectivity index (χ1) is 8.28. The van der Waals surface area contributed by atoms with Crippen LogP contribution in [0.15, 0.2) is 18.2 Å². The van der Waals surface area contributed by atoms with Crippen molar-refractivity contribution in [3.8, 4) is 5.75 Å². The van der Waals surface area contributed by atoms with Crippen molar-refractivity contribution in [3.05, 3.63) is 28.8 Å². The summed E-state index contributed by atoms with van der Waals surface area (Å²) in [4.78, 5) is 0. The van der Waals surface area contributed by atoms with E-state index in [4.69, 9.17) is 16.3 Å². The monoisotopic (exact) mass is 268 g/mol. The summed E-state index contributed by atoms with van der Waals surface area (Å²) < 4.78 is 5.23. The van der Waals surface area contributed by atoms with Gasteiger partial charge in [0.1, 0.15) is 5.75 Å². The maximum Gasteiger partial charge on any atom is 0.137 e. The topological polar surface area (TPSA) is 29.5 Å². The minimum atomic E-state index is -0.776. The summed E-state index contributed by atoms with van der Waals surface area (Å²) in [6.07, 6.45) is 1.79. The van der Waals surface area contributed by atoms with Crippen molar-refractivity contribution in [2.45, 2.75) is 39.2 Å². The van der Waals surface area contributed by atoms with E-state index in [9.17, 15) is 5.11 Å². The molecule has 1 aliphatic rings. The van der Waals surface area contributed by atoms with Crippen molar-refractivity contribution in [1.29, 1.82) is 0 Å². The zero-order chi connectivity index (χ0) is 13.6. The molecule has 0 aliphatic heterocycles. The van der Waals surface area contributed by atoms with Gasteiger partial charge in [0.2, 0.25) is 0 Å². The Hall–Kier alpha value is -0.730. The van der Waals surface area contributed by atoms with Crippen LogP contribution in [0, 0.1) is 11.3 Å². The first kappa shape index (κ1) is 13.7. The lowest BCUT2D eigenvalue weighted by Gasteiger charge is -2.29. The van der Waals surface area contributed by atoms with Crippen molar-refractivity contribution in [3.63, 3.8) is 0 Å². The van der Waals surface area contributed by atoms with E-state index in [0.717, 1.165) is 18.4 Å². The molecule has 1 aromatic carbocycles. The van der Waals surface area contributed by atoms with Gasteiger partial charge in [-0.1, -0.05) is 38.4 Å². The number of methoxy groups -OCH3 is 1. The molecule has 0 radical (unpaired) electrons. The Morgan fingerprint density at radius 1 is 1.39 bits per heavy atom. The van der Waals surface area contributed by atoms with Crippen molar-refractivity contribution < 1.29 is 9.84 Å². The SMILES string of the molecule is COc1cc(C2(O)CC(C)(C)CC2C)ccc1Cl. The highest BCUT2D eigenvalue weighted by atomic mass is 35.5. The molecule has 18 heavy (non-hydrogen) atoms. The number of hydrogen-bond acceptors (Lipinski definition) is 2. The Bertz CT molecular complexity index is 456. The average molecular weight is 269 g/mol. The molecular formula is C15H21ClO2. The summed E-state index contributed by atoms with van der Waals surface area (Å²) in [5, 5.41) is 11.6. The third kappa shape index (κ3) is 2.24. The molecule has 100 valence electrons. The lowest BCUT2D eigenvalue weighted by atomic mass is 9.83. The minimum Gasteiger partial charge on any atom is -0.495 e. The molecule has 1 saturated carbocycles. The van der Waals surface area contributed by atoms with E-state index in [1.807, 2.05) is 12.1 Å². The number of hydrogen-bond donors (Lipinski definition) is 1. The zero-order valence-electron chi connectivity index (χ0n) is 11.5. The number of halogens is 1. The van der Waals surface area contributed by atoms with Crippen LogP contribution in [0.2, 0.25) is 5.02 Å². The Balaban J connectivity index is 2.42. The van der Waals surface area contributed by atoms with Gasteiger partial charge in [-0.15, -0.1) is 0 Å². The third-order valence-corrected chi connectivity index (χ3v) is 4.39. The van der Waals surface area contributed by atoms with Crippen molar-refractivity contribution >= 4 is 11.6 Å². The second kappa shape index (κ2) is 4.43. The fourth-order valence-corrected chi connectivity index (χ4v) is 3.48. The molecule has 2 atom stereocenters. The molecule has 1 fully saturated rings. The second-order valence-electron chi connectivity index (χ2n) is 6.22. The average Bonchev–Trinajstić information content (AvgIpc) is 2.49. The predicted octanol–water partition coefficient (Wildman–Crippen LogP) is 3.99. The maximum atomic E-state index is 11.0. The summed E-state index contributed by atoms with van der Waals surface area (Å²) in [6.45, 7) is 6.51. The van der Waals surface area contributed by atoms with Crippen LogP contribution in [0.1, 0.15) is 39.2 Å². The van der Waals surface area contributed by atoms with Crippen LogP contribution < -0.4 is 4.74 Å². The van der Waals surface area contributed by atoms with Gasteiger partial charge >= 0.3 is 0 Å². The van der Waals surface area contributed by atoms with Crippen molar-refractivity contribution in [1.82, 2.24) is 0 Å². The Morgan fingerprint density at radius 3 is 2.56 bits per heavy atom. The standard InChI is InChI=1S/C15H21ClO2/c1-10-8-14(2,3)9-15(10,17)11-5-6-12(16)13(7-11)18-4/h5-7,10,17H,8-9H2,1-4H3. The molecule has 0 aromatic heterocycles. The first-order valence-electron chi connectivity index (χ1n) is 6.35. The molecule has 1 aliphatic carbocycles. The highest BCUT2D eigenvalue weighted by molar-refractivity contribution is 6.32. The summed E-state index contributed by atoms with van der Waals surface area (Å²) in [5.74, 6) is 0.859. The molecule has 0 spiro atoms. The van der Waals surface area contributed by atoms with Gasteiger partial charge in [-0.3, -0.25) is 0 Å². The number of rotatable bonds is 2. The van der Waals surface area contributed by atoms with E-state index >= 15 is 0 Å². The van der Waals surface area contributed by atoms with E-state index < -0.39 is 5.60 Å². The smallest absolute Gasteiger partial charge is 0.137 e. The van der Waals surface area contributed by atoms with Gasteiger partial charge in [-0.2, -0.15) is 0 Å². The molecule has 0 bridgehead atoms. The molecule has 0 heterocycles. The van der Waals surface area contributed by atoms with Gasteiger partial charge < -0.3 is 9.84 Å². The lowest BCUT2D eigenvalue weighted by Crippen LogP contribution is -2.29. The molecule has 2 unspecified atom stereocenters. The van der Waals surface area contributed by atoms with Crippen LogP contribution in [0.25, 0.3) is 0 Å². The summed E-state index contributed by atoms with van der Waals surface area (Å²) in [5.41, 5.74) is 0.296. The number of ether oxygens (including phenoxy) is 1. The molecule has 2 nitrogen and oxygen atoms in total. The van der Waals surface area contributed by atoms with E-state index in [-0.39, 0.29) is 11.3 Å². The summed E-state index contributed by atoms with van der Waals surface area (Å²) >= 11 is 6.03. The number of aliphatic hydroxyl groups is 1. The molecule has 2 rings (SSSR count). The molecular weight excluding hydrogens is 248 g/mol. The van der Waals surface area contributed by atoms with Crippen LogP contribution in [-0.2, 0) is 5.60 Å². The summed E-state index contributed by atoms with van der Waals surface area (Å²) in [6, 6.07) is 5.56. The molecule has 0 amide bonds. The first-order valence-corrected chi connectivity index (χ1v) is 6.73. The van der Waals surface area contributed by atoms with Crippen molar-refractivity contribution in [2.24, 2.45) is 11.3 Å². The van der Waals surface area contributed by atoms with E-state index in [1.54, 1.807) is 13.2 Å². The molecule has 0 saturated heterocycles. The molecule has 1 N–H and O–H groups in total. The van der Waals surface area contributed by atoms with E-state index in [2.05, 4.69) is 20.8 Å². The van der Waals surface area contributed by atoms with Crippen LogP contribution in [-0.4, -0.2) is 12.2 Å². The highest BCUT2D eigenvalue weighted by Crippen LogP contribution is 2.53. The fraction of sp³-hybridized carbons (Fsp3) is 0.600. The Kier molecular flexibility index (Phi) is 3.37. The van der Waals surface area contributed by atoms with E-state index in [0.29, 0.717) is 10.8 Å². The predicted molar refractivity (Wildman–Crippen MR) is 74.1 cm³/mol. The molecule has 3 heteroatoms. The van der Waals surface area contributed by atoms with Gasteiger partial charge in [-0.25, -0.2) is 0 Å². The number of benzene rings is 1. The van der Waals surface area contributed by atoms with Gasteiger partial charge in [0, 0.05) is 0 Å². The molecule has 1 aromatic rings. The van der Waals surface area contributed by atoms with Gasteiger partial charge in [0.15, 0.2) is 0 Å². The van der Waals surface area contributed by atoms with Gasteiger partial charge in [-0.05, 0) is 41.9 Å². The van der Waals surface area contributed by atoms with Crippen LogP contribution in [0.3, 0.4) is 0 Å². The van der Waals surface area contributed by atoms with Crippen LogP contribution in [0.4, 0.5) is 0 Å². The quantitative estimate of drug-likeness (QED) is 0.879. The lowest BCUT2D eigenvalue weighted by molar-refractivity contribution is -0.00101. The fourth-order valence-electron chi connectivity index (χ4n) is 3.29. The third-order valence-electron chi connectivity index (χ3n) is 4.07. The second-order valence-corrected chi connectivity index (χ2v) is 6.63. The Labute approximate surface area is 114 Å². The highest BCUT2D eigenvalue weighted by Gasteiger charge is 2.48. The largest absolute Gasteiger partial charge is 0.495 e. The minimum absolute atomic E-state index is 0.168. The maximum absolute atomic E-state index is 11.0. The van der Waals surface area contributed by atoms with Gasteiger partial charge in [0.25, 0.3) is 0 Å². The van der Waals surface area contributed by atoms with Crippen LogP contribution in [0.5, 0.6) is 5.75 Å². The summed E-state index contributed by atoms with van der Waals surface area (Å²) in [7, 11) is 1.59. The van der Waals surface area contributed by atoms with Gasteiger partial charge in [0.05, 0.1) is 17.7 Å². The van der Waals surface area contributed by atoms with Crippen molar-refractivity contribution in [2.75, 3.05) is 7.11 Å². The Morgan fingerprint density at radius 2 is 2.06 bits per heavy atom. The van der Waals surface area contributed by atoms with E-state index in [1.165, 1.54) is 0 Å².